The van der Waals surface area contributed by atoms with Crippen molar-refractivity contribution in [3.63, 3.8) is 0 Å². The lowest BCUT2D eigenvalue weighted by Crippen LogP contribution is -2.53. The fraction of sp³-hybridized carbons (Fsp3) is 0.440. The van der Waals surface area contributed by atoms with Crippen LogP contribution in [-0.2, 0) is 16.0 Å². The first kappa shape index (κ1) is 25.2. The van der Waals surface area contributed by atoms with E-state index in [-0.39, 0.29) is 31.6 Å². The quantitative estimate of drug-likeness (QED) is 0.596. The SMILES string of the molecule is C.CC(C)[C@@H](NC(=O)Cc1ccc(Cl)cc1)C(=O)N1CCC(c2ccc(Cl)cc2)CC1. The molecule has 1 aliphatic rings. The van der Waals surface area contributed by atoms with E-state index < -0.39 is 6.04 Å². The second-order valence-electron chi connectivity index (χ2n) is 8.24. The second kappa shape index (κ2) is 11.5. The third-order valence-corrected chi connectivity index (χ3v) is 6.18. The number of nitrogens with zero attached hydrogens (tertiary/aromatic N) is 1. The lowest BCUT2D eigenvalue weighted by atomic mass is 9.89. The molecule has 2 amide bonds. The number of carbonyl (C=O) groups is 2. The van der Waals surface area contributed by atoms with Gasteiger partial charge in [0.25, 0.3) is 0 Å². The van der Waals surface area contributed by atoms with E-state index in [0.29, 0.717) is 24.0 Å². The lowest BCUT2D eigenvalue weighted by Gasteiger charge is -2.35. The molecule has 2 aromatic carbocycles. The van der Waals surface area contributed by atoms with Crippen LogP contribution in [0, 0.1) is 5.92 Å². The molecule has 1 N–H and O–H groups in total. The summed E-state index contributed by atoms with van der Waals surface area (Å²) in [5.41, 5.74) is 2.14. The summed E-state index contributed by atoms with van der Waals surface area (Å²) >= 11 is 11.9. The Hall–Kier alpha value is -2.04. The molecule has 0 spiro atoms. The van der Waals surface area contributed by atoms with Crippen molar-refractivity contribution in [3.8, 4) is 0 Å². The molecule has 1 aliphatic heterocycles. The van der Waals surface area contributed by atoms with Crippen molar-refractivity contribution in [2.24, 2.45) is 5.92 Å². The van der Waals surface area contributed by atoms with E-state index in [1.165, 1.54) is 5.56 Å². The van der Waals surface area contributed by atoms with Gasteiger partial charge in [-0.1, -0.05) is 68.7 Å². The maximum atomic E-state index is 13.1. The summed E-state index contributed by atoms with van der Waals surface area (Å²) in [4.78, 5) is 27.6. The molecule has 1 fully saturated rings. The van der Waals surface area contributed by atoms with Gasteiger partial charge in [0.2, 0.25) is 11.8 Å². The molecule has 2 aromatic rings. The minimum absolute atomic E-state index is 0. The highest BCUT2D eigenvalue weighted by Crippen LogP contribution is 2.29. The number of amides is 2. The van der Waals surface area contributed by atoms with Crippen LogP contribution in [0.1, 0.15) is 51.2 Å². The van der Waals surface area contributed by atoms with Gasteiger partial charge in [0.15, 0.2) is 0 Å². The van der Waals surface area contributed by atoms with Gasteiger partial charge < -0.3 is 10.2 Å². The molecule has 1 atom stereocenters. The van der Waals surface area contributed by atoms with E-state index in [4.69, 9.17) is 23.2 Å². The number of likely N-dealkylation sites (tertiary alicyclic amines) is 1. The van der Waals surface area contributed by atoms with Crippen LogP contribution in [0.2, 0.25) is 10.0 Å². The summed E-state index contributed by atoms with van der Waals surface area (Å²) in [5, 5.41) is 4.32. The summed E-state index contributed by atoms with van der Waals surface area (Å²) < 4.78 is 0. The zero-order valence-electron chi connectivity index (χ0n) is 17.4. The van der Waals surface area contributed by atoms with Crippen molar-refractivity contribution in [1.29, 1.82) is 0 Å². The normalized spacial score (nSPS) is 15.3. The number of benzene rings is 2. The monoisotopic (exact) mass is 462 g/mol. The van der Waals surface area contributed by atoms with Crippen molar-refractivity contribution in [2.45, 2.75) is 52.5 Å². The number of carbonyl (C=O) groups excluding carboxylic acids is 2. The molecule has 0 aromatic heterocycles. The summed E-state index contributed by atoms with van der Waals surface area (Å²) in [6, 6.07) is 14.6. The zero-order chi connectivity index (χ0) is 21.7. The standard InChI is InChI=1S/C24H28Cl2N2O2.CH4/c1-16(2)23(27-22(29)15-17-3-7-20(25)8-4-17)24(30)28-13-11-19(12-14-28)18-5-9-21(26)10-6-18;/h3-10,16,19,23H,11-15H2,1-2H3,(H,27,29);1H4/t23-;/m1./s1. The minimum Gasteiger partial charge on any atom is -0.344 e. The predicted octanol–water partition coefficient (Wildman–Crippen LogP) is 5.72. The summed E-state index contributed by atoms with van der Waals surface area (Å²) in [6.07, 6.45) is 2.06. The first-order chi connectivity index (χ1) is 14.3. The van der Waals surface area contributed by atoms with Gasteiger partial charge in [-0.15, -0.1) is 0 Å². The number of hydrogen-bond acceptors (Lipinski definition) is 2. The van der Waals surface area contributed by atoms with Crippen LogP contribution < -0.4 is 5.32 Å². The molecule has 6 heteroatoms. The first-order valence-electron chi connectivity index (χ1n) is 10.4. The van der Waals surface area contributed by atoms with Crippen molar-refractivity contribution in [1.82, 2.24) is 10.2 Å². The number of piperidine rings is 1. The predicted molar refractivity (Wildman–Crippen MR) is 129 cm³/mol. The van der Waals surface area contributed by atoms with E-state index >= 15 is 0 Å². The van der Waals surface area contributed by atoms with Crippen molar-refractivity contribution < 1.29 is 9.59 Å². The van der Waals surface area contributed by atoms with E-state index in [9.17, 15) is 9.59 Å². The molecule has 1 saturated heterocycles. The largest absolute Gasteiger partial charge is 0.344 e. The van der Waals surface area contributed by atoms with Crippen LogP contribution in [0.4, 0.5) is 0 Å². The molecule has 0 bridgehead atoms. The average Bonchev–Trinajstić information content (AvgIpc) is 2.74. The van der Waals surface area contributed by atoms with Gasteiger partial charge in [0.1, 0.15) is 6.04 Å². The van der Waals surface area contributed by atoms with E-state index in [2.05, 4.69) is 17.4 Å². The van der Waals surface area contributed by atoms with Crippen molar-refractivity contribution >= 4 is 35.0 Å². The molecule has 0 unspecified atom stereocenters. The van der Waals surface area contributed by atoms with Crippen molar-refractivity contribution in [3.05, 3.63) is 69.7 Å². The highest BCUT2D eigenvalue weighted by atomic mass is 35.5. The molecule has 0 radical (unpaired) electrons. The number of hydrogen-bond donors (Lipinski definition) is 1. The van der Waals surface area contributed by atoms with Crippen LogP contribution in [0.5, 0.6) is 0 Å². The highest BCUT2D eigenvalue weighted by Gasteiger charge is 2.31. The molecule has 0 aliphatic carbocycles. The number of rotatable bonds is 6. The Morgan fingerprint density at radius 3 is 2.00 bits per heavy atom. The van der Waals surface area contributed by atoms with Gasteiger partial charge in [-0.3, -0.25) is 9.59 Å². The molecular weight excluding hydrogens is 431 g/mol. The Kier molecular flexibility index (Phi) is 9.39. The van der Waals surface area contributed by atoms with Crippen LogP contribution >= 0.6 is 23.2 Å². The van der Waals surface area contributed by atoms with Crippen molar-refractivity contribution in [2.75, 3.05) is 13.1 Å². The Balaban J connectivity index is 0.00000341. The van der Waals surface area contributed by atoms with Gasteiger partial charge in [-0.25, -0.2) is 0 Å². The molecule has 0 saturated carbocycles. The van der Waals surface area contributed by atoms with Gasteiger partial charge in [-0.2, -0.15) is 0 Å². The Morgan fingerprint density at radius 1 is 0.968 bits per heavy atom. The fourth-order valence-electron chi connectivity index (χ4n) is 3.89. The highest BCUT2D eigenvalue weighted by molar-refractivity contribution is 6.30. The first-order valence-corrected chi connectivity index (χ1v) is 11.2. The third kappa shape index (κ3) is 6.98. The minimum atomic E-state index is -0.517. The number of halogens is 2. The van der Waals surface area contributed by atoms with E-state index in [1.807, 2.05) is 43.0 Å². The Labute approximate surface area is 195 Å². The van der Waals surface area contributed by atoms with Gasteiger partial charge >= 0.3 is 0 Å². The topological polar surface area (TPSA) is 49.4 Å². The molecule has 3 rings (SSSR count). The number of nitrogens with one attached hydrogen (secondary N) is 1. The van der Waals surface area contributed by atoms with Crippen LogP contribution in [0.25, 0.3) is 0 Å². The summed E-state index contributed by atoms with van der Waals surface area (Å²) in [5.74, 6) is 0.299. The Morgan fingerprint density at radius 2 is 1.48 bits per heavy atom. The summed E-state index contributed by atoms with van der Waals surface area (Å²) in [6.45, 7) is 5.32. The van der Waals surface area contributed by atoms with E-state index in [1.54, 1.807) is 12.1 Å². The van der Waals surface area contributed by atoms with Crippen LogP contribution in [0.15, 0.2) is 48.5 Å². The zero-order valence-corrected chi connectivity index (χ0v) is 18.9. The third-order valence-electron chi connectivity index (χ3n) is 5.68. The molecular formula is C25H32Cl2N2O2. The van der Waals surface area contributed by atoms with Gasteiger partial charge in [0, 0.05) is 23.1 Å². The smallest absolute Gasteiger partial charge is 0.245 e. The molecule has 31 heavy (non-hydrogen) atoms. The average molecular weight is 463 g/mol. The van der Waals surface area contributed by atoms with E-state index in [0.717, 1.165) is 23.4 Å². The van der Waals surface area contributed by atoms with Gasteiger partial charge in [0.05, 0.1) is 6.42 Å². The Bertz CT molecular complexity index is 858. The lowest BCUT2D eigenvalue weighted by molar-refractivity contribution is -0.138. The summed E-state index contributed by atoms with van der Waals surface area (Å²) in [7, 11) is 0. The molecule has 168 valence electrons. The molecule has 4 nitrogen and oxygen atoms in total. The fourth-order valence-corrected chi connectivity index (χ4v) is 4.14. The second-order valence-corrected chi connectivity index (χ2v) is 9.12. The maximum absolute atomic E-state index is 13.1. The van der Waals surface area contributed by atoms with Gasteiger partial charge in [-0.05, 0) is 60.1 Å². The van der Waals surface area contributed by atoms with Crippen LogP contribution in [-0.4, -0.2) is 35.8 Å². The molecule has 1 heterocycles. The van der Waals surface area contributed by atoms with Crippen LogP contribution in [0.3, 0.4) is 0 Å². The maximum Gasteiger partial charge on any atom is 0.245 e.